The largest absolute Gasteiger partial charge is 0.375 e. The number of nitrogens with one attached hydrogen (secondary N) is 1. The van der Waals surface area contributed by atoms with E-state index in [0.29, 0.717) is 32.1 Å². The molecule has 3 N–H and O–H groups in total. The normalized spacial score (nSPS) is 20.8. The predicted octanol–water partition coefficient (Wildman–Crippen LogP) is 2.26. The Hall–Kier alpha value is -1.10. The maximum atomic E-state index is 11.8. The average molecular weight is 313 g/mol. The van der Waals surface area contributed by atoms with Gasteiger partial charge in [0.25, 0.3) is 0 Å². The zero-order valence-electron chi connectivity index (χ0n) is 12.3. The molecule has 0 aromatic heterocycles. The Labute approximate surface area is 132 Å². The highest BCUT2D eigenvalue weighted by Crippen LogP contribution is 2.26. The standard InChI is InChI=1S/C16H24N2O2.ClH/c17-15-8-4-7-14(15)11-16(19)18-9-10-20-12-13-5-2-1-3-6-13;/h1-3,5-6,14-15H,4,7-12,17H2,(H,18,19);1H/t14-,15+;/m0./s1. The van der Waals surface area contributed by atoms with Gasteiger partial charge in [-0.25, -0.2) is 0 Å². The quantitative estimate of drug-likeness (QED) is 0.759. The van der Waals surface area contributed by atoms with Gasteiger partial charge in [0, 0.05) is 19.0 Å². The molecule has 1 aliphatic carbocycles. The van der Waals surface area contributed by atoms with Gasteiger partial charge in [0.2, 0.25) is 5.91 Å². The van der Waals surface area contributed by atoms with Gasteiger partial charge in [0.15, 0.2) is 0 Å². The van der Waals surface area contributed by atoms with E-state index in [9.17, 15) is 4.79 Å². The van der Waals surface area contributed by atoms with Gasteiger partial charge in [0.05, 0.1) is 13.2 Å². The monoisotopic (exact) mass is 312 g/mol. The summed E-state index contributed by atoms with van der Waals surface area (Å²) in [6.45, 7) is 1.69. The second-order valence-electron chi connectivity index (χ2n) is 5.45. The molecule has 1 amide bonds. The molecule has 118 valence electrons. The minimum absolute atomic E-state index is 0. The predicted molar refractivity (Wildman–Crippen MR) is 86.3 cm³/mol. The molecule has 0 spiro atoms. The second kappa shape index (κ2) is 9.77. The lowest BCUT2D eigenvalue weighted by atomic mass is 10.00. The summed E-state index contributed by atoms with van der Waals surface area (Å²) in [5.74, 6) is 0.455. The zero-order chi connectivity index (χ0) is 14.2. The molecular weight excluding hydrogens is 288 g/mol. The fourth-order valence-corrected chi connectivity index (χ4v) is 2.66. The molecule has 0 unspecified atom stereocenters. The average Bonchev–Trinajstić information content (AvgIpc) is 2.85. The number of amides is 1. The summed E-state index contributed by atoms with van der Waals surface area (Å²) in [5.41, 5.74) is 7.11. The molecule has 5 heteroatoms. The van der Waals surface area contributed by atoms with Crippen LogP contribution in [-0.2, 0) is 16.1 Å². The van der Waals surface area contributed by atoms with Gasteiger partial charge in [-0.05, 0) is 24.3 Å². The first-order valence-electron chi connectivity index (χ1n) is 7.39. The van der Waals surface area contributed by atoms with Crippen molar-refractivity contribution < 1.29 is 9.53 Å². The molecule has 4 nitrogen and oxygen atoms in total. The van der Waals surface area contributed by atoms with Crippen LogP contribution in [0.4, 0.5) is 0 Å². The minimum atomic E-state index is 0. The summed E-state index contributed by atoms with van der Waals surface area (Å²) in [7, 11) is 0. The zero-order valence-corrected chi connectivity index (χ0v) is 13.1. The molecule has 1 fully saturated rings. The molecule has 1 aromatic carbocycles. The van der Waals surface area contributed by atoms with Crippen LogP contribution < -0.4 is 11.1 Å². The minimum Gasteiger partial charge on any atom is -0.375 e. The first-order valence-corrected chi connectivity index (χ1v) is 7.39. The van der Waals surface area contributed by atoms with E-state index in [1.54, 1.807) is 0 Å². The van der Waals surface area contributed by atoms with Crippen molar-refractivity contribution in [2.24, 2.45) is 11.7 Å². The third kappa shape index (κ3) is 6.46. The molecule has 0 saturated heterocycles. The van der Waals surface area contributed by atoms with Crippen molar-refractivity contribution in [3.05, 3.63) is 35.9 Å². The molecule has 1 aliphatic rings. The van der Waals surface area contributed by atoms with Gasteiger partial charge < -0.3 is 15.8 Å². The summed E-state index contributed by atoms with van der Waals surface area (Å²) < 4.78 is 5.52. The van der Waals surface area contributed by atoms with Gasteiger partial charge in [-0.3, -0.25) is 4.79 Å². The van der Waals surface area contributed by atoms with Crippen molar-refractivity contribution >= 4 is 18.3 Å². The topological polar surface area (TPSA) is 64.4 Å². The molecule has 0 aliphatic heterocycles. The lowest BCUT2D eigenvalue weighted by molar-refractivity contribution is -0.122. The van der Waals surface area contributed by atoms with Crippen LogP contribution in [0.3, 0.4) is 0 Å². The first-order chi connectivity index (χ1) is 9.75. The highest BCUT2D eigenvalue weighted by molar-refractivity contribution is 5.85. The smallest absolute Gasteiger partial charge is 0.220 e. The Morgan fingerprint density at radius 3 is 2.71 bits per heavy atom. The maximum Gasteiger partial charge on any atom is 0.220 e. The van der Waals surface area contributed by atoms with E-state index in [0.717, 1.165) is 24.8 Å². The third-order valence-corrected chi connectivity index (χ3v) is 3.85. The van der Waals surface area contributed by atoms with E-state index in [1.807, 2.05) is 30.3 Å². The highest BCUT2D eigenvalue weighted by Gasteiger charge is 2.25. The van der Waals surface area contributed by atoms with E-state index >= 15 is 0 Å². The third-order valence-electron chi connectivity index (χ3n) is 3.85. The molecule has 0 radical (unpaired) electrons. The fraction of sp³-hybridized carbons (Fsp3) is 0.562. The summed E-state index contributed by atoms with van der Waals surface area (Å²) in [6.07, 6.45) is 3.84. The number of carbonyl (C=O) groups is 1. The Morgan fingerprint density at radius 1 is 1.29 bits per heavy atom. The number of nitrogens with two attached hydrogens (primary N) is 1. The highest BCUT2D eigenvalue weighted by atomic mass is 35.5. The van der Waals surface area contributed by atoms with Crippen molar-refractivity contribution in [2.45, 2.75) is 38.3 Å². The van der Waals surface area contributed by atoms with E-state index in [4.69, 9.17) is 10.5 Å². The Morgan fingerprint density at radius 2 is 2.05 bits per heavy atom. The summed E-state index contributed by atoms with van der Waals surface area (Å²) in [5, 5.41) is 2.90. The van der Waals surface area contributed by atoms with E-state index in [2.05, 4.69) is 5.32 Å². The first kappa shape index (κ1) is 18.0. The molecule has 0 heterocycles. The number of halogens is 1. The molecule has 1 aromatic rings. The van der Waals surface area contributed by atoms with Gasteiger partial charge in [0.1, 0.15) is 0 Å². The van der Waals surface area contributed by atoms with Crippen molar-refractivity contribution in [2.75, 3.05) is 13.2 Å². The Balaban J connectivity index is 0.00000220. The van der Waals surface area contributed by atoms with E-state index < -0.39 is 0 Å². The number of rotatable bonds is 7. The van der Waals surface area contributed by atoms with Gasteiger partial charge in [-0.1, -0.05) is 36.8 Å². The van der Waals surface area contributed by atoms with Crippen LogP contribution >= 0.6 is 12.4 Å². The van der Waals surface area contributed by atoms with E-state index in [-0.39, 0.29) is 24.4 Å². The Bertz CT molecular complexity index is 414. The molecule has 0 bridgehead atoms. The fourth-order valence-electron chi connectivity index (χ4n) is 2.66. The van der Waals surface area contributed by atoms with Crippen LogP contribution in [0.1, 0.15) is 31.2 Å². The van der Waals surface area contributed by atoms with Crippen molar-refractivity contribution in [3.8, 4) is 0 Å². The number of hydrogen-bond donors (Lipinski definition) is 2. The Kier molecular flexibility index (Phi) is 8.35. The number of ether oxygens (including phenoxy) is 1. The van der Waals surface area contributed by atoms with Crippen molar-refractivity contribution in [1.82, 2.24) is 5.32 Å². The van der Waals surface area contributed by atoms with Gasteiger partial charge in [-0.2, -0.15) is 0 Å². The number of carbonyl (C=O) groups excluding carboxylic acids is 1. The number of benzene rings is 1. The summed E-state index contributed by atoms with van der Waals surface area (Å²) in [6, 6.07) is 10.2. The van der Waals surface area contributed by atoms with E-state index in [1.165, 1.54) is 0 Å². The van der Waals surface area contributed by atoms with Crippen LogP contribution in [0.2, 0.25) is 0 Å². The summed E-state index contributed by atoms with van der Waals surface area (Å²) >= 11 is 0. The molecule has 2 atom stereocenters. The van der Waals surface area contributed by atoms with Gasteiger partial charge >= 0.3 is 0 Å². The van der Waals surface area contributed by atoms with Crippen LogP contribution in [0, 0.1) is 5.92 Å². The molecule has 21 heavy (non-hydrogen) atoms. The van der Waals surface area contributed by atoms with Crippen LogP contribution in [0.25, 0.3) is 0 Å². The van der Waals surface area contributed by atoms with Crippen molar-refractivity contribution in [1.29, 1.82) is 0 Å². The van der Waals surface area contributed by atoms with Crippen molar-refractivity contribution in [3.63, 3.8) is 0 Å². The van der Waals surface area contributed by atoms with Gasteiger partial charge in [-0.15, -0.1) is 12.4 Å². The maximum absolute atomic E-state index is 11.8. The second-order valence-corrected chi connectivity index (χ2v) is 5.45. The van der Waals surface area contributed by atoms with Crippen LogP contribution in [0.15, 0.2) is 30.3 Å². The van der Waals surface area contributed by atoms with Crippen LogP contribution in [-0.4, -0.2) is 25.1 Å². The summed E-state index contributed by atoms with van der Waals surface area (Å²) in [4.78, 5) is 11.8. The SMILES string of the molecule is Cl.N[C@@H]1CCC[C@H]1CC(=O)NCCOCc1ccccc1. The molecule has 1 saturated carbocycles. The molecule has 2 rings (SSSR count). The van der Waals surface area contributed by atoms with Crippen LogP contribution in [0.5, 0.6) is 0 Å². The lowest BCUT2D eigenvalue weighted by Gasteiger charge is -2.14. The molecular formula is C16H25ClN2O2. The lowest BCUT2D eigenvalue weighted by Crippen LogP contribution is -2.33. The number of hydrogen-bond acceptors (Lipinski definition) is 3.